The number of amides is 2. The van der Waals surface area contributed by atoms with Crippen molar-refractivity contribution in [2.75, 3.05) is 18.4 Å². The summed E-state index contributed by atoms with van der Waals surface area (Å²) in [5, 5.41) is 4.78. The number of nitrogens with zero attached hydrogens (tertiary/aromatic N) is 1. The molecule has 0 aliphatic rings. The van der Waals surface area contributed by atoms with Gasteiger partial charge in [0.25, 0.3) is 0 Å². The molecule has 2 amide bonds. The Morgan fingerprint density at radius 3 is 2.44 bits per heavy atom. The Kier molecular flexibility index (Phi) is 7.40. The van der Waals surface area contributed by atoms with Gasteiger partial charge in [-0.2, -0.15) is 0 Å². The third-order valence-corrected chi connectivity index (χ3v) is 5.23. The smallest absolute Gasteiger partial charge is 0.248 e. The predicted octanol–water partition coefficient (Wildman–Crippen LogP) is 4.57. The monoisotopic (exact) mass is 420 g/mol. The first-order valence-corrected chi connectivity index (χ1v) is 9.79. The molecule has 4 nitrogen and oxygen atoms in total. The summed E-state index contributed by atoms with van der Waals surface area (Å²) in [7, 11) is 0. The highest BCUT2D eigenvalue weighted by atomic mass is 79.9. The highest BCUT2D eigenvalue weighted by Crippen LogP contribution is 2.21. The van der Waals surface area contributed by atoms with Crippen molar-refractivity contribution in [3.63, 3.8) is 0 Å². The summed E-state index contributed by atoms with van der Waals surface area (Å²) in [6.07, 6.45) is 3.66. The molecule has 1 N–H and O–H groups in total. The first-order valence-electron chi connectivity index (χ1n) is 8.11. The molecular weight excluding hydrogens is 400 g/mol. The molecule has 2 rings (SSSR count). The Hall–Kier alpha value is -1.92. The fraction of sp³-hybridized carbons (Fsp3) is 0.263. The fourth-order valence-electron chi connectivity index (χ4n) is 2.34. The van der Waals surface area contributed by atoms with Gasteiger partial charge in [0, 0.05) is 24.9 Å². The number of anilines is 1. The largest absolute Gasteiger partial charge is 0.343 e. The van der Waals surface area contributed by atoms with Gasteiger partial charge in [0.1, 0.15) is 0 Å². The maximum Gasteiger partial charge on any atom is 0.248 e. The van der Waals surface area contributed by atoms with Crippen LogP contribution in [0.15, 0.2) is 45.6 Å². The van der Waals surface area contributed by atoms with Crippen molar-refractivity contribution < 1.29 is 9.59 Å². The van der Waals surface area contributed by atoms with Gasteiger partial charge in [-0.1, -0.05) is 12.1 Å². The van der Waals surface area contributed by atoms with Gasteiger partial charge in [-0.15, -0.1) is 11.3 Å². The second-order valence-corrected chi connectivity index (χ2v) is 7.74. The van der Waals surface area contributed by atoms with Crippen LogP contribution >= 0.6 is 27.3 Å². The zero-order valence-corrected chi connectivity index (χ0v) is 16.7. The summed E-state index contributed by atoms with van der Waals surface area (Å²) in [5.74, 6) is -0.0686. The van der Waals surface area contributed by atoms with Gasteiger partial charge < -0.3 is 10.2 Å². The molecule has 0 saturated carbocycles. The summed E-state index contributed by atoms with van der Waals surface area (Å²) < 4.78 is 1.03. The van der Waals surface area contributed by atoms with Crippen LogP contribution in [0.1, 0.15) is 25.0 Å². The number of rotatable bonds is 7. The number of nitrogens with one attached hydrogen (secondary N) is 1. The van der Waals surface area contributed by atoms with Gasteiger partial charge in [0.2, 0.25) is 11.8 Å². The zero-order valence-electron chi connectivity index (χ0n) is 14.3. The van der Waals surface area contributed by atoms with E-state index in [1.165, 1.54) is 6.08 Å². The minimum absolute atomic E-state index is 0.117. The maximum atomic E-state index is 12.1. The number of thiophene rings is 1. The molecule has 0 spiro atoms. The summed E-state index contributed by atoms with van der Waals surface area (Å²) in [6, 6.07) is 9.33. The summed E-state index contributed by atoms with van der Waals surface area (Å²) >= 11 is 4.97. The normalized spacial score (nSPS) is 10.8. The van der Waals surface area contributed by atoms with Crippen LogP contribution in [0, 0.1) is 0 Å². The molecule has 0 unspecified atom stereocenters. The number of hydrogen-bond acceptors (Lipinski definition) is 3. The maximum absolute atomic E-state index is 12.1. The van der Waals surface area contributed by atoms with Crippen molar-refractivity contribution in [2.45, 2.75) is 20.3 Å². The molecule has 0 aliphatic heterocycles. The average Bonchev–Trinajstić information content (AvgIpc) is 3.01. The number of likely N-dealkylation sites (N-methyl/N-ethyl adjacent to an activating group) is 1. The van der Waals surface area contributed by atoms with E-state index in [0.717, 1.165) is 28.0 Å². The van der Waals surface area contributed by atoms with Crippen LogP contribution in [0.25, 0.3) is 6.08 Å². The van der Waals surface area contributed by atoms with Crippen molar-refractivity contribution in [1.82, 2.24) is 4.90 Å². The molecular formula is C19H21BrN2O2S. The number of benzene rings is 1. The van der Waals surface area contributed by atoms with Crippen molar-refractivity contribution in [3.8, 4) is 0 Å². The first-order chi connectivity index (χ1) is 12.0. The second-order valence-electron chi connectivity index (χ2n) is 5.45. The standard InChI is InChI=1S/C19H21BrN2O2S/c1-3-22(4-2)19(24)12-14-5-8-16(9-6-14)21-18(23)10-7-15-11-17(20)25-13-15/h5-11,13H,3-4,12H2,1-2H3,(H,21,23). The number of carbonyl (C=O) groups excluding carboxylic acids is 2. The van der Waals surface area contributed by atoms with Crippen LogP contribution in [0.3, 0.4) is 0 Å². The van der Waals surface area contributed by atoms with Crippen LogP contribution < -0.4 is 5.32 Å². The van der Waals surface area contributed by atoms with E-state index < -0.39 is 0 Å². The molecule has 0 fully saturated rings. The molecule has 2 aromatic rings. The number of carbonyl (C=O) groups is 2. The zero-order chi connectivity index (χ0) is 18.2. The first kappa shape index (κ1) is 19.4. The third kappa shape index (κ3) is 6.14. The Bertz CT molecular complexity index is 749. The molecule has 132 valence electrons. The van der Waals surface area contributed by atoms with Gasteiger partial charge in [0.05, 0.1) is 10.2 Å². The lowest BCUT2D eigenvalue weighted by molar-refractivity contribution is -0.130. The fourth-order valence-corrected chi connectivity index (χ4v) is 3.48. The second kappa shape index (κ2) is 9.53. The van der Waals surface area contributed by atoms with Crippen LogP contribution in [-0.2, 0) is 16.0 Å². The van der Waals surface area contributed by atoms with E-state index in [9.17, 15) is 9.59 Å². The van der Waals surface area contributed by atoms with E-state index in [-0.39, 0.29) is 11.8 Å². The minimum Gasteiger partial charge on any atom is -0.343 e. The number of hydrogen-bond donors (Lipinski definition) is 1. The summed E-state index contributed by atoms with van der Waals surface area (Å²) in [6.45, 7) is 5.39. The van der Waals surface area contributed by atoms with Crippen LogP contribution in [0.2, 0.25) is 0 Å². The van der Waals surface area contributed by atoms with Gasteiger partial charge in [0.15, 0.2) is 0 Å². The van der Waals surface area contributed by atoms with Crippen molar-refractivity contribution in [3.05, 3.63) is 56.7 Å². The van der Waals surface area contributed by atoms with E-state index in [1.54, 1.807) is 17.4 Å². The van der Waals surface area contributed by atoms with Gasteiger partial charge in [-0.3, -0.25) is 9.59 Å². The van der Waals surface area contributed by atoms with Crippen LogP contribution in [0.4, 0.5) is 5.69 Å². The summed E-state index contributed by atoms with van der Waals surface area (Å²) in [5.41, 5.74) is 2.63. The minimum atomic E-state index is -0.186. The Labute approximate surface area is 160 Å². The molecule has 0 radical (unpaired) electrons. The van der Waals surface area contributed by atoms with Gasteiger partial charge in [-0.25, -0.2) is 0 Å². The third-order valence-electron chi connectivity index (χ3n) is 3.71. The highest BCUT2D eigenvalue weighted by molar-refractivity contribution is 9.11. The molecule has 0 atom stereocenters. The number of halogens is 1. The van der Waals surface area contributed by atoms with Crippen molar-refractivity contribution in [1.29, 1.82) is 0 Å². The molecule has 0 aliphatic carbocycles. The van der Waals surface area contributed by atoms with Crippen molar-refractivity contribution >= 4 is 50.8 Å². The predicted molar refractivity (Wildman–Crippen MR) is 108 cm³/mol. The lowest BCUT2D eigenvalue weighted by Crippen LogP contribution is -2.31. The quantitative estimate of drug-likeness (QED) is 0.666. The van der Waals surface area contributed by atoms with E-state index in [2.05, 4.69) is 21.2 Å². The molecule has 1 aromatic heterocycles. The van der Waals surface area contributed by atoms with Crippen molar-refractivity contribution in [2.24, 2.45) is 0 Å². The van der Waals surface area contributed by atoms with E-state index in [0.29, 0.717) is 12.1 Å². The Morgan fingerprint density at radius 1 is 1.20 bits per heavy atom. The van der Waals surface area contributed by atoms with Gasteiger partial charge >= 0.3 is 0 Å². The average molecular weight is 421 g/mol. The Balaban J connectivity index is 1.90. The molecule has 0 bridgehead atoms. The molecule has 1 aromatic carbocycles. The van der Waals surface area contributed by atoms with Crippen LogP contribution in [0.5, 0.6) is 0 Å². The summed E-state index contributed by atoms with van der Waals surface area (Å²) in [4.78, 5) is 25.9. The topological polar surface area (TPSA) is 49.4 Å². The van der Waals surface area contributed by atoms with E-state index >= 15 is 0 Å². The lowest BCUT2D eigenvalue weighted by atomic mass is 10.1. The molecule has 25 heavy (non-hydrogen) atoms. The van der Waals surface area contributed by atoms with E-state index in [4.69, 9.17) is 0 Å². The lowest BCUT2D eigenvalue weighted by Gasteiger charge is -2.18. The molecule has 6 heteroatoms. The molecule has 0 saturated heterocycles. The van der Waals surface area contributed by atoms with Crippen LogP contribution in [-0.4, -0.2) is 29.8 Å². The SMILES string of the molecule is CCN(CC)C(=O)Cc1ccc(NC(=O)C=Cc2csc(Br)c2)cc1. The van der Waals surface area contributed by atoms with E-state index in [1.807, 2.05) is 54.5 Å². The Morgan fingerprint density at radius 2 is 1.88 bits per heavy atom. The highest BCUT2D eigenvalue weighted by Gasteiger charge is 2.10. The molecule has 1 heterocycles. The van der Waals surface area contributed by atoms with Gasteiger partial charge in [-0.05, 0) is 70.6 Å².